The highest BCUT2D eigenvalue weighted by Crippen LogP contribution is 2.59. The Balaban J connectivity index is 2.00. The van der Waals surface area contributed by atoms with Crippen LogP contribution in [0.2, 0.25) is 0 Å². The Kier molecular flexibility index (Phi) is 2.09. The number of hydrogen-bond acceptors (Lipinski definition) is 2. The lowest BCUT2D eigenvalue weighted by molar-refractivity contribution is 0.152. The van der Waals surface area contributed by atoms with Crippen LogP contribution in [0.25, 0.3) is 0 Å². The minimum Gasteiger partial charge on any atom is -0.366 e. The number of halogens is 1. The first-order chi connectivity index (χ1) is 8.68. The Morgan fingerprint density at radius 2 is 2.22 bits per heavy atom. The van der Waals surface area contributed by atoms with Crippen molar-refractivity contribution in [2.45, 2.75) is 30.3 Å². The molecule has 1 N–H and O–H groups in total. The van der Waals surface area contributed by atoms with Crippen LogP contribution in [0, 0.1) is 0 Å². The number of nitrogens with zero attached hydrogens (tertiary/aromatic N) is 1. The van der Waals surface area contributed by atoms with Gasteiger partial charge in [0, 0.05) is 16.7 Å². The molecule has 0 unspecified atom stereocenters. The summed E-state index contributed by atoms with van der Waals surface area (Å²) in [5, 5.41) is 3.83. The zero-order valence-electron chi connectivity index (χ0n) is 10.5. The van der Waals surface area contributed by atoms with E-state index in [2.05, 4.69) is 63.5 Å². The highest BCUT2D eigenvalue weighted by atomic mass is 79.9. The third-order valence-corrected chi connectivity index (χ3v) is 5.60. The largest absolute Gasteiger partial charge is 0.366 e. The van der Waals surface area contributed by atoms with Gasteiger partial charge in [-0.2, -0.15) is 0 Å². The maximum absolute atomic E-state index is 3.83. The van der Waals surface area contributed by atoms with Crippen molar-refractivity contribution in [2.24, 2.45) is 0 Å². The summed E-state index contributed by atoms with van der Waals surface area (Å²) in [5.74, 6) is 0. The molecule has 0 aromatic heterocycles. The maximum Gasteiger partial charge on any atom is 0.104 e. The highest BCUT2D eigenvalue weighted by molar-refractivity contribution is 9.10. The van der Waals surface area contributed by atoms with Gasteiger partial charge in [0.05, 0.1) is 5.41 Å². The molecule has 3 heteroatoms. The topological polar surface area (TPSA) is 15.3 Å². The Morgan fingerprint density at radius 3 is 3.11 bits per heavy atom. The van der Waals surface area contributed by atoms with E-state index in [1.165, 1.54) is 41.5 Å². The summed E-state index contributed by atoms with van der Waals surface area (Å²) in [6.07, 6.45) is 8.43. The summed E-state index contributed by atoms with van der Waals surface area (Å²) >= 11 is 3.62. The van der Waals surface area contributed by atoms with E-state index in [9.17, 15) is 0 Å². The Hall–Kier alpha value is -0.800. The van der Waals surface area contributed by atoms with E-state index in [4.69, 9.17) is 0 Å². The summed E-state index contributed by atoms with van der Waals surface area (Å²) < 4.78 is 1.18. The fraction of sp³-hybridized carbons (Fsp3) is 0.467. The molecule has 2 aliphatic heterocycles. The van der Waals surface area contributed by atoms with Crippen molar-refractivity contribution in [3.63, 3.8) is 0 Å². The Labute approximate surface area is 116 Å². The average molecular weight is 305 g/mol. The first-order valence-corrected chi connectivity index (χ1v) is 7.44. The molecule has 1 aromatic rings. The van der Waals surface area contributed by atoms with Crippen LogP contribution in [0.4, 0.5) is 5.69 Å². The van der Waals surface area contributed by atoms with E-state index in [-0.39, 0.29) is 11.1 Å². The lowest BCUT2D eigenvalue weighted by atomic mass is 9.68. The van der Waals surface area contributed by atoms with Gasteiger partial charge in [0.2, 0.25) is 0 Å². The molecular formula is C15H17BrN2. The smallest absolute Gasteiger partial charge is 0.104 e. The van der Waals surface area contributed by atoms with Gasteiger partial charge >= 0.3 is 0 Å². The molecule has 94 valence electrons. The number of anilines is 1. The normalized spacial score (nSPS) is 37.0. The number of likely N-dealkylation sites (N-methyl/N-ethyl adjacent to an activating group) is 1. The lowest BCUT2D eigenvalue weighted by Gasteiger charge is -2.45. The van der Waals surface area contributed by atoms with Crippen LogP contribution in [-0.2, 0) is 5.41 Å². The van der Waals surface area contributed by atoms with E-state index in [0.29, 0.717) is 0 Å². The van der Waals surface area contributed by atoms with E-state index >= 15 is 0 Å². The molecule has 3 aliphatic rings. The third kappa shape index (κ3) is 1.08. The molecule has 2 atom stereocenters. The molecule has 2 heterocycles. The minimum absolute atomic E-state index is 0.116. The van der Waals surface area contributed by atoms with Gasteiger partial charge in [-0.3, -0.25) is 4.90 Å². The van der Waals surface area contributed by atoms with Crippen LogP contribution < -0.4 is 5.32 Å². The van der Waals surface area contributed by atoms with E-state index < -0.39 is 0 Å². The van der Waals surface area contributed by atoms with Crippen molar-refractivity contribution in [1.29, 1.82) is 0 Å². The molecule has 1 aliphatic carbocycles. The molecule has 18 heavy (non-hydrogen) atoms. The fourth-order valence-corrected chi connectivity index (χ4v) is 4.59. The van der Waals surface area contributed by atoms with E-state index in [1.807, 2.05) is 0 Å². The van der Waals surface area contributed by atoms with Gasteiger partial charge in [-0.15, -0.1) is 0 Å². The van der Waals surface area contributed by atoms with Crippen LogP contribution >= 0.6 is 15.9 Å². The van der Waals surface area contributed by atoms with Crippen molar-refractivity contribution < 1.29 is 0 Å². The number of rotatable bonds is 0. The van der Waals surface area contributed by atoms with Crippen LogP contribution in [0.15, 0.2) is 34.8 Å². The minimum atomic E-state index is 0.116. The summed E-state index contributed by atoms with van der Waals surface area (Å²) in [6, 6.07) is 6.66. The molecular weight excluding hydrogens is 288 g/mol. The quantitative estimate of drug-likeness (QED) is 0.738. The number of allylic oxidation sites excluding steroid dienone is 1. The van der Waals surface area contributed by atoms with Gasteiger partial charge < -0.3 is 5.32 Å². The number of nitrogens with one attached hydrogen (secondary N) is 1. The second-order valence-corrected chi connectivity index (χ2v) is 6.67. The van der Waals surface area contributed by atoms with E-state index in [0.717, 1.165) is 0 Å². The first kappa shape index (κ1) is 11.1. The Morgan fingerprint density at radius 1 is 1.33 bits per heavy atom. The zero-order valence-corrected chi connectivity index (χ0v) is 12.1. The standard InChI is InChI=1S/C15H17BrN2/c1-18-9-8-14-6-2-3-7-15(14,18)17-13-5-4-11(16)10-12(13)14/h2,4-6,10,17H,3,7-9H2,1H3/t14-,15-/m1/s1. The molecule has 0 saturated carbocycles. The monoisotopic (exact) mass is 304 g/mol. The van der Waals surface area contributed by atoms with Crippen LogP contribution in [0.1, 0.15) is 24.8 Å². The molecule has 0 bridgehead atoms. The van der Waals surface area contributed by atoms with Crippen molar-refractivity contribution in [3.05, 3.63) is 40.4 Å². The van der Waals surface area contributed by atoms with Crippen molar-refractivity contribution in [3.8, 4) is 0 Å². The summed E-state index contributed by atoms with van der Waals surface area (Å²) in [5.41, 5.74) is 3.08. The molecule has 1 aromatic carbocycles. The predicted octanol–water partition coefficient (Wildman–Crippen LogP) is 3.49. The van der Waals surface area contributed by atoms with Crippen molar-refractivity contribution >= 4 is 21.6 Å². The maximum atomic E-state index is 3.83. The number of benzene rings is 1. The molecule has 0 radical (unpaired) electrons. The van der Waals surface area contributed by atoms with Crippen LogP contribution in [-0.4, -0.2) is 24.2 Å². The lowest BCUT2D eigenvalue weighted by Crippen LogP contribution is -2.56. The molecule has 0 amide bonds. The average Bonchev–Trinajstić information content (AvgIpc) is 2.83. The van der Waals surface area contributed by atoms with Crippen LogP contribution in [0.3, 0.4) is 0 Å². The predicted molar refractivity (Wildman–Crippen MR) is 77.8 cm³/mol. The Bertz CT molecular complexity index is 553. The second kappa shape index (κ2) is 3.40. The summed E-state index contributed by atoms with van der Waals surface area (Å²) in [7, 11) is 2.26. The molecule has 0 spiro atoms. The summed E-state index contributed by atoms with van der Waals surface area (Å²) in [6.45, 7) is 1.17. The third-order valence-electron chi connectivity index (χ3n) is 5.11. The van der Waals surface area contributed by atoms with E-state index in [1.54, 1.807) is 0 Å². The van der Waals surface area contributed by atoms with Gasteiger partial charge in [0.25, 0.3) is 0 Å². The second-order valence-electron chi connectivity index (χ2n) is 5.76. The fourth-order valence-electron chi connectivity index (χ4n) is 4.23. The molecule has 1 saturated heterocycles. The molecule has 1 fully saturated rings. The number of hydrogen-bond donors (Lipinski definition) is 1. The van der Waals surface area contributed by atoms with Gasteiger partial charge in [0.1, 0.15) is 5.66 Å². The molecule has 4 rings (SSSR count). The SMILES string of the molecule is CN1CC[C@@]23C=CCC[C@@]12Nc1ccc(Br)cc13. The summed E-state index contributed by atoms with van der Waals surface area (Å²) in [4.78, 5) is 2.52. The highest BCUT2D eigenvalue weighted by Gasteiger charge is 2.62. The first-order valence-electron chi connectivity index (χ1n) is 6.65. The van der Waals surface area contributed by atoms with Gasteiger partial charge in [0.15, 0.2) is 0 Å². The molecule has 2 nitrogen and oxygen atoms in total. The van der Waals surface area contributed by atoms with Crippen LogP contribution in [0.5, 0.6) is 0 Å². The van der Waals surface area contributed by atoms with Crippen molar-refractivity contribution in [2.75, 3.05) is 18.9 Å². The zero-order chi connectivity index (χ0) is 12.4. The van der Waals surface area contributed by atoms with Gasteiger partial charge in [-0.05, 0) is 50.1 Å². The van der Waals surface area contributed by atoms with Gasteiger partial charge in [-0.1, -0.05) is 28.1 Å². The number of fused-ring (bicyclic) bond motifs is 1. The number of likely N-dealkylation sites (tertiary alicyclic amines) is 1. The van der Waals surface area contributed by atoms with Gasteiger partial charge in [-0.25, -0.2) is 0 Å². The van der Waals surface area contributed by atoms with Crippen molar-refractivity contribution in [1.82, 2.24) is 4.90 Å².